The van der Waals surface area contributed by atoms with Crippen LogP contribution >= 0.6 is 0 Å². The first-order valence-corrected chi connectivity index (χ1v) is 8.35. The summed E-state index contributed by atoms with van der Waals surface area (Å²) in [6.45, 7) is 0. The molecule has 130 valence electrons. The topological polar surface area (TPSA) is 70.2 Å². The highest BCUT2D eigenvalue weighted by molar-refractivity contribution is 6.00. The van der Waals surface area contributed by atoms with Crippen molar-refractivity contribution in [2.45, 2.75) is 31.7 Å². The lowest BCUT2D eigenvalue weighted by Crippen LogP contribution is -2.32. The van der Waals surface area contributed by atoms with Crippen molar-refractivity contribution in [3.8, 4) is 0 Å². The van der Waals surface area contributed by atoms with Gasteiger partial charge in [-0.15, -0.1) is 0 Å². The molecular weight excluding hydrogens is 321 g/mol. The van der Waals surface area contributed by atoms with Crippen LogP contribution in [0.25, 0.3) is 0 Å². The number of nitrogens with one attached hydrogen (secondary N) is 3. The molecule has 2 aromatic rings. The van der Waals surface area contributed by atoms with Crippen molar-refractivity contribution in [2.75, 3.05) is 10.6 Å². The lowest BCUT2D eigenvalue weighted by atomic mass is 10.1. The molecule has 25 heavy (non-hydrogen) atoms. The molecule has 0 spiro atoms. The number of amides is 3. The minimum Gasteiger partial charge on any atom is -0.349 e. The predicted molar refractivity (Wildman–Crippen MR) is 95.2 cm³/mol. The summed E-state index contributed by atoms with van der Waals surface area (Å²) in [4.78, 5) is 24.1. The van der Waals surface area contributed by atoms with Crippen molar-refractivity contribution in [3.63, 3.8) is 0 Å². The number of carbonyl (C=O) groups excluding carboxylic acids is 2. The molecule has 0 bridgehead atoms. The summed E-state index contributed by atoms with van der Waals surface area (Å²) >= 11 is 0. The monoisotopic (exact) mass is 341 g/mol. The van der Waals surface area contributed by atoms with E-state index >= 15 is 0 Å². The molecule has 3 N–H and O–H groups in total. The fraction of sp³-hybridized carbons (Fsp3) is 0.263. The Kier molecular flexibility index (Phi) is 5.28. The quantitative estimate of drug-likeness (QED) is 0.782. The number of anilines is 2. The SMILES string of the molecule is O=C(Nc1ccc(F)cc1)Nc1ccc(C(=O)NC2CCCC2)cc1. The molecule has 0 aromatic heterocycles. The Labute approximate surface area is 145 Å². The van der Waals surface area contributed by atoms with Crippen molar-refractivity contribution >= 4 is 23.3 Å². The van der Waals surface area contributed by atoms with E-state index in [9.17, 15) is 14.0 Å². The van der Waals surface area contributed by atoms with E-state index < -0.39 is 6.03 Å². The number of hydrogen-bond donors (Lipinski definition) is 3. The maximum Gasteiger partial charge on any atom is 0.323 e. The predicted octanol–water partition coefficient (Wildman–Crippen LogP) is 4.14. The minimum atomic E-state index is -0.435. The van der Waals surface area contributed by atoms with Crippen LogP contribution in [-0.4, -0.2) is 18.0 Å². The molecule has 1 fully saturated rings. The third-order valence-electron chi connectivity index (χ3n) is 4.20. The van der Waals surface area contributed by atoms with Gasteiger partial charge in [0.15, 0.2) is 0 Å². The summed E-state index contributed by atoms with van der Waals surface area (Å²) in [5.41, 5.74) is 1.62. The smallest absolute Gasteiger partial charge is 0.323 e. The van der Waals surface area contributed by atoms with Crippen molar-refractivity contribution < 1.29 is 14.0 Å². The second-order valence-electron chi connectivity index (χ2n) is 6.12. The third kappa shape index (κ3) is 4.79. The molecular formula is C19H20FN3O2. The summed E-state index contributed by atoms with van der Waals surface area (Å²) in [6, 6.07) is 12.0. The van der Waals surface area contributed by atoms with Gasteiger partial charge in [0.05, 0.1) is 0 Å². The van der Waals surface area contributed by atoms with Gasteiger partial charge in [0.1, 0.15) is 5.82 Å². The molecule has 0 radical (unpaired) electrons. The van der Waals surface area contributed by atoms with Gasteiger partial charge in [-0.2, -0.15) is 0 Å². The molecule has 0 heterocycles. The highest BCUT2D eigenvalue weighted by atomic mass is 19.1. The van der Waals surface area contributed by atoms with Crippen LogP contribution in [0.1, 0.15) is 36.0 Å². The second-order valence-corrected chi connectivity index (χ2v) is 6.12. The zero-order chi connectivity index (χ0) is 17.6. The Hall–Kier alpha value is -2.89. The van der Waals surface area contributed by atoms with Gasteiger partial charge < -0.3 is 16.0 Å². The molecule has 5 nitrogen and oxygen atoms in total. The van der Waals surface area contributed by atoms with E-state index in [4.69, 9.17) is 0 Å². The Morgan fingerprint density at radius 3 is 1.92 bits per heavy atom. The molecule has 0 saturated heterocycles. The molecule has 6 heteroatoms. The van der Waals surface area contributed by atoms with Gasteiger partial charge in [-0.25, -0.2) is 9.18 Å². The van der Waals surface area contributed by atoms with E-state index in [0.717, 1.165) is 25.7 Å². The lowest BCUT2D eigenvalue weighted by molar-refractivity contribution is 0.0938. The number of halogens is 1. The van der Waals surface area contributed by atoms with E-state index in [1.165, 1.54) is 24.3 Å². The fourth-order valence-electron chi connectivity index (χ4n) is 2.87. The van der Waals surface area contributed by atoms with Gasteiger partial charge in [-0.3, -0.25) is 4.79 Å². The molecule has 0 aliphatic heterocycles. The zero-order valence-electron chi connectivity index (χ0n) is 13.7. The highest BCUT2D eigenvalue weighted by Crippen LogP contribution is 2.18. The van der Waals surface area contributed by atoms with Crippen molar-refractivity contribution in [1.29, 1.82) is 0 Å². The molecule has 3 rings (SSSR count). The van der Waals surface area contributed by atoms with E-state index in [-0.39, 0.29) is 17.8 Å². The van der Waals surface area contributed by atoms with Crippen LogP contribution in [0.2, 0.25) is 0 Å². The summed E-state index contributed by atoms with van der Waals surface area (Å²) in [5, 5.41) is 8.30. The Morgan fingerprint density at radius 2 is 1.36 bits per heavy atom. The maximum absolute atomic E-state index is 12.8. The molecule has 0 atom stereocenters. The summed E-state index contributed by atoms with van der Waals surface area (Å²) < 4.78 is 12.8. The lowest BCUT2D eigenvalue weighted by Gasteiger charge is -2.12. The van der Waals surface area contributed by atoms with Crippen LogP contribution in [0, 0.1) is 5.82 Å². The van der Waals surface area contributed by atoms with Gasteiger partial charge in [0.25, 0.3) is 5.91 Å². The first-order valence-electron chi connectivity index (χ1n) is 8.35. The summed E-state index contributed by atoms with van der Waals surface area (Å²) in [7, 11) is 0. The number of hydrogen-bond acceptors (Lipinski definition) is 2. The normalized spacial score (nSPS) is 14.1. The molecule has 3 amide bonds. The highest BCUT2D eigenvalue weighted by Gasteiger charge is 2.17. The Morgan fingerprint density at radius 1 is 0.840 bits per heavy atom. The fourth-order valence-corrected chi connectivity index (χ4v) is 2.87. The zero-order valence-corrected chi connectivity index (χ0v) is 13.7. The number of urea groups is 1. The van der Waals surface area contributed by atoms with Crippen LogP contribution in [0.4, 0.5) is 20.6 Å². The van der Waals surface area contributed by atoms with Crippen molar-refractivity contribution in [2.24, 2.45) is 0 Å². The summed E-state index contributed by atoms with van der Waals surface area (Å²) in [5.74, 6) is -0.452. The van der Waals surface area contributed by atoms with E-state index in [1.807, 2.05) is 0 Å². The van der Waals surface area contributed by atoms with Crippen molar-refractivity contribution in [1.82, 2.24) is 5.32 Å². The molecule has 1 saturated carbocycles. The van der Waals surface area contributed by atoms with E-state index in [1.54, 1.807) is 24.3 Å². The van der Waals surface area contributed by atoms with Gasteiger partial charge in [-0.1, -0.05) is 12.8 Å². The molecule has 1 aliphatic rings. The van der Waals surface area contributed by atoms with Crippen LogP contribution in [0.5, 0.6) is 0 Å². The second kappa shape index (κ2) is 7.79. The molecule has 2 aromatic carbocycles. The van der Waals surface area contributed by atoms with Crippen LogP contribution in [-0.2, 0) is 0 Å². The van der Waals surface area contributed by atoms with E-state index in [2.05, 4.69) is 16.0 Å². The number of carbonyl (C=O) groups is 2. The van der Waals surface area contributed by atoms with Gasteiger partial charge >= 0.3 is 6.03 Å². The Balaban J connectivity index is 1.53. The van der Waals surface area contributed by atoms with Gasteiger partial charge in [0, 0.05) is 23.0 Å². The van der Waals surface area contributed by atoms with Crippen LogP contribution < -0.4 is 16.0 Å². The van der Waals surface area contributed by atoms with Gasteiger partial charge in [0.2, 0.25) is 0 Å². The number of benzene rings is 2. The van der Waals surface area contributed by atoms with E-state index in [0.29, 0.717) is 16.9 Å². The standard InChI is InChI=1S/C19H20FN3O2/c20-14-7-11-17(12-8-14)23-19(25)22-16-9-5-13(6-10-16)18(24)21-15-3-1-2-4-15/h5-12,15H,1-4H2,(H,21,24)(H2,22,23,25). The first-order chi connectivity index (χ1) is 12.1. The van der Waals surface area contributed by atoms with Crippen molar-refractivity contribution in [3.05, 3.63) is 59.9 Å². The van der Waals surface area contributed by atoms with Crippen LogP contribution in [0.15, 0.2) is 48.5 Å². The number of rotatable bonds is 4. The Bertz CT molecular complexity index is 738. The third-order valence-corrected chi connectivity index (χ3v) is 4.20. The minimum absolute atomic E-state index is 0.0887. The average Bonchev–Trinajstić information content (AvgIpc) is 3.10. The first kappa shape index (κ1) is 17.0. The average molecular weight is 341 g/mol. The van der Waals surface area contributed by atoms with Gasteiger partial charge in [-0.05, 0) is 61.4 Å². The largest absolute Gasteiger partial charge is 0.349 e. The van der Waals surface area contributed by atoms with Crippen LogP contribution in [0.3, 0.4) is 0 Å². The summed E-state index contributed by atoms with van der Waals surface area (Å²) in [6.07, 6.45) is 4.40. The molecule has 0 unspecified atom stereocenters. The molecule has 1 aliphatic carbocycles. The maximum atomic E-state index is 12.8.